The molecule has 1 rings (SSSR count). The molecule has 0 saturated heterocycles. The molecule has 1 fully saturated rings. The van der Waals surface area contributed by atoms with E-state index in [0.29, 0.717) is 0 Å². The lowest BCUT2D eigenvalue weighted by atomic mass is 9.87. The lowest BCUT2D eigenvalue weighted by molar-refractivity contribution is -0.111. The first-order valence-corrected chi connectivity index (χ1v) is 4.23. The van der Waals surface area contributed by atoms with Crippen LogP contribution in [0.25, 0.3) is 0 Å². The lowest BCUT2D eigenvalue weighted by Crippen LogP contribution is -2.40. The van der Waals surface area contributed by atoms with Gasteiger partial charge in [-0.1, -0.05) is 0 Å². The molecule has 0 bridgehead atoms. The number of carbonyl (C=O) groups is 2. The Morgan fingerprint density at radius 2 is 1.92 bits per heavy atom. The second-order valence-corrected chi connectivity index (χ2v) is 3.26. The maximum atomic E-state index is 10.5. The van der Waals surface area contributed by atoms with Crippen LogP contribution in [0, 0.1) is 5.92 Å². The highest BCUT2D eigenvalue weighted by atomic mass is 16.2. The van der Waals surface area contributed by atoms with Gasteiger partial charge in [0.15, 0.2) is 0 Å². The summed E-state index contributed by atoms with van der Waals surface area (Å²) in [5.41, 5.74) is 4.97. The third kappa shape index (κ3) is 2.53. The number of aldehydes is 1. The second kappa shape index (κ2) is 4.09. The van der Waals surface area contributed by atoms with Crippen molar-refractivity contribution < 1.29 is 9.59 Å². The van der Waals surface area contributed by atoms with E-state index in [9.17, 15) is 9.59 Å². The quantitative estimate of drug-likeness (QED) is 0.589. The summed E-state index contributed by atoms with van der Waals surface area (Å²) >= 11 is 0. The van der Waals surface area contributed by atoms with Crippen LogP contribution in [-0.4, -0.2) is 18.4 Å². The predicted octanol–water partition coefficient (Wildman–Crippen LogP) is 0.412. The average Bonchev–Trinajstić information content (AvgIpc) is 2.05. The van der Waals surface area contributed by atoms with Crippen LogP contribution in [0.5, 0.6) is 0 Å². The number of primary amides is 1. The summed E-state index contributed by atoms with van der Waals surface area (Å²) in [7, 11) is 0. The Labute approximate surface area is 71.5 Å². The first-order chi connectivity index (χ1) is 5.72. The van der Waals surface area contributed by atoms with Gasteiger partial charge in [0.05, 0.1) is 0 Å². The van der Waals surface area contributed by atoms with Crippen LogP contribution in [0.2, 0.25) is 0 Å². The van der Waals surface area contributed by atoms with E-state index < -0.39 is 6.03 Å². The average molecular weight is 170 g/mol. The first-order valence-electron chi connectivity index (χ1n) is 4.23. The minimum atomic E-state index is -0.468. The Balaban J connectivity index is 2.26. The molecular formula is C8H14N2O2. The van der Waals surface area contributed by atoms with Crippen molar-refractivity contribution in [2.45, 2.75) is 31.7 Å². The zero-order chi connectivity index (χ0) is 8.97. The van der Waals surface area contributed by atoms with Gasteiger partial charge in [-0.25, -0.2) is 4.79 Å². The molecule has 0 atom stereocenters. The van der Waals surface area contributed by atoms with Gasteiger partial charge in [-0.15, -0.1) is 0 Å². The van der Waals surface area contributed by atoms with Crippen molar-refractivity contribution in [2.75, 3.05) is 0 Å². The van der Waals surface area contributed by atoms with Gasteiger partial charge in [0.1, 0.15) is 6.29 Å². The Bertz CT molecular complexity index is 174. The molecule has 0 radical (unpaired) electrons. The summed E-state index contributed by atoms with van der Waals surface area (Å²) < 4.78 is 0. The predicted molar refractivity (Wildman–Crippen MR) is 44.5 cm³/mol. The van der Waals surface area contributed by atoms with Gasteiger partial charge in [-0.05, 0) is 25.7 Å². The molecule has 0 spiro atoms. The van der Waals surface area contributed by atoms with Crippen LogP contribution in [-0.2, 0) is 4.79 Å². The monoisotopic (exact) mass is 170 g/mol. The summed E-state index contributed by atoms with van der Waals surface area (Å²) in [6, 6.07) is -0.289. The summed E-state index contributed by atoms with van der Waals surface area (Å²) in [5.74, 6) is 0.191. The van der Waals surface area contributed by atoms with Gasteiger partial charge in [0.2, 0.25) is 0 Å². The van der Waals surface area contributed by atoms with Gasteiger partial charge in [-0.3, -0.25) is 0 Å². The van der Waals surface area contributed by atoms with E-state index in [2.05, 4.69) is 5.32 Å². The number of amides is 2. The standard InChI is InChI=1S/C8H14N2O2/c9-8(12)10-7-3-1-6(5-11)2-4-7/h5-7H,1-4H2,(H3,9,10,12). The Morgan fingerprint density at radius 3 is 2.33 bits per heavy atom. The summed E-state index contributed by atoms with van der Waals surface area (Å²) in [6.07, 6.45) is 4.47. The number of carbonyl (C=O) groups excluding carboxylic acids is 2. The highest BCUT2D eigenvalue weighted by molar-refractivity contribution is 5.72. The maximum Gasteiger partial charge on any atom is 0.312 e. The number of urea groups is 1. The summed E-state index contributed by atoms with van der Waals surface area (Å²) in [6.45, 7) is 0. The van der Waals surface area contributed by atoms with E-state index >= 15 is 0 Å². The Hall–Kier alpha value is -1.06. The molecule has 2 amide bonds. The van der Waals surface area contributed by atoms with Crippen molar-refractivity contribution in [1.29, 1.82) is 0 Å². The van der Waals surface area contributed by atoms with Crippen LogP contribution in [0.1, 0.15) is 25.7 Å². The van der Waals surface area contributed by atoms with E-state index in [1.54, 1.807) is 0 Å². The molecular weight excluding hydrogens is 156 g/mol. The molecule has 4 nitrogen and oxygen atoms in total. The minimum Gasteiger partial charge on any atom is -0.352 e. The molecule has 1 saturated carbocycles. The summed E-state index contributed by atoms with van der Waals surface area (Å²) in [5, 5.41) is 2.65. The molecule has 0 aromatic heterocycles. The normalized spacial score (nSPS) is 29.3. The van der Waals surface area contributed by atoms with Crippen LogP contribution >= 0.6 is 0 Å². The van der Waals surface area contributed by atoms with Gasteiger partial charge in [0, 0.05) is 12.0 Å². The first kappa shape index (κ1) is 9.03. The highest BCUT2D eigenvalue weighted by Crippen LogP contribution is 2.22. The number of hydrogen-bond acceptors (Lipinski definition) is 2. The molecule has 0 unspecified atom stereocenters. The molecule has 0 aromatic carbocycles. The Kier molecular flexibility index (Phi) is 3.08. The van der Waals surface area contributed by atoms with Crippen LogP contribution < -0.4 is 11.1 Å². The van der Waals surface area contributed by atoms with Crippen molar-refractivity contribution in [3.8, 4) is 0 Å². The van der Waals surface area contributed by atoms with Crippen LogP contribution in [0.4, 0.5) is 4.79 Å². The minimum absolute atomic E-state index is 0.179. The van der Waals surface area contributed by atoms with E-state index in [1.807, 2.05) is 0 Å². The van der Waals surface area contributed by atoms with Gasteiger partial charge in [-0.2, -0.15) is 0 Å². The molecule has 1 aliphatic rings. The van der Waals surface area contributed by atoms with Crippen molar-refractivity contribution in [3.63, 3.8) is 0 Å². The number of nitrogens with one attached hydrogen (secondary N) is 1. The van der Waals surface area contributed by atoms with E-state index in [-0.39, 0.29) is 12.0 Å². The maximum absolute atomic E-state index is 10.5. The SMILES string of the molecule is NC(=O)NC1CCC(C=O)CC1. The number of hydrogen-bond donors (Lipinski definition) is 2. The fourth-order valence-corrected chi connectivity index (χ4v) is 1.60. The van der Waals surface area contributed by atoms with E-state index in [4.69, 9.17) is 5.73 Å². The molecule has 1 aliphatic carbocycles. The van der Waals surface area contributed by atoms with Gasteiger partial charge in [0.25, 0.3) is 0 Å². The fourth-order valence-electron chi connectivity index (χ4n) is 1.60. The fraction of sp³-hybridized carbons (Fsp3) is 0.750. The third-order valence-electron chi connectivity index (χ3n) is 2.31. The van der Waals surface area contributed by atoms with Gasteiger partial charge >= 0.3 is 6.03 Å². The third-order valence-corrected chi connectivity index (χ3v) is 2.31. The lowest BCUT2D eigenvalue weighted by Gasteiger charge is -2.25. The second-order valence-electron chi connectivity index (χ2n) is 3.26. The number of nitrogens with two attached hydrogens (primary N) is 1. The highest BCUT2D eigenvalue weighted by Gasteiger charge is 2.20. The van der Waals surface area contributed by atoms with Crippen molar-refractivity contribution in [2.24, 2.45) is 11.7 Å². The molecule has 3 N–H and O–H groups in total. The summed E-state index contributed by atoms with van der Waals surface area (Å²) in [4.78, 5) is 20.8. The number of rotatable bonds is 2. The smallest absolute Gasteiger partial charge is 0.312 e. The van der Waals surface area contributed by atoms with Crippen molar-refractivity contribution in [3.05, 3.63) is 0 Å². The molecule has 0 aliphatic heterocycles. The van der Waals surface area contributed by atoms with Crippen LogP contribution in [0.15, 0.2) is 0 Å². The zero-order valence-corrected chi connectivity index (χ0v) is 6.95. The van der Waals surface area contributed by atoms with E-state index in [0.717, 1.165) is 32.0 Å². The largest absolute Gasteiger partial charge is 0.352 e. The molecule has 0 aromatic rings. The topological polar surface area (TPSA) is 72.2 Å². The van der Waals surface area contributed by atoms with Crippen molar-refractivity contribution in [1.82, 2.24) is 5.32 Å². The van der Waals surface area contributed by atoms with Gasteiger partial charge < -0.3 is 15.8 Å². The van der Waals surface area contributed by atoms with Crippen LogP contribution in [0.3, 0.4) is 0 Å². The van der Waals surface area contributed by atoms with E-state index in [1.165, 1.54) is 0 Å². The molecule has 68 valence electrons. The molecule has 12 heavy (non-hydrogen) atoms. The molecule has 0 heterocycles. The zero-order valence-electron chi connectivity index (χ0n) is 6.95. The molecule has 4 heteroatoms. The van der Waals surface area contributed by atoms with Crippen molar-refractivity contribution >= 4 is 12.3 Å². The Morgan fingerprint density at radius 1 is 1.33 bits per heavy atom.